The molecule has 20 rings (SSSR count). The zero-order valence-electron chi connectivity index (χ0n) is 50.4. The molecule has 0 unspecified atom stereocenters. The summed E-state index contributed by atoms with van der Waals surface area (Å²) < 4.78 is 14.2. The number of nitriles is 1. The van der Waals surface area contributed by atoms with E-state index in [-0.39, 0.29) is 0 Å². The maximum atomic E-state index is 10.5. The van der Waals surface area contributed by atoms with Gasteiger partial charge in [0.05, 0.1) is 95.8 Å². The minimum absolute atomic E-state index is 0.466. The van der Waals surface area contributed by atoms with Crippen LogP contribution in [0.5, 0.6) is 0 Å². The molecule has 0 saturated heterocycles. The summed E-state index contributed by atoms with van der Waals surface area (Å²) in [6, 6.07) is 111. The maximum absolute atomic E-state index is 10.5. The Morgan fingerprint density at radius 3 is 0.840 bits per heavy atom. The van der Waals surface area contributed by atoms with Crippen LogP contribution in [-0.2, 0) is 0 Å². The second kappa shape index (κ2) is 19.7. The highest BCUT2D eigenvalue weighted by Crippen LogP contribution is 2.49. The van der Waals surface area contributed by atoms with Crippen molar-refractivity contribution in [2.75, 3.05) is 0 Å². The average Bonchev–Trinajstić information content (AvgIpc) is 1.56. The van der Waals surface area contributed by atoms with Crippen LogP contribution in [0.4, 0.5) is 5.69 Å². The second-order valence-electron chi connectivity index (χ2n) is 24.6. The molecule has 0 amide bonds. The van der Waals surface area contributed by atoms with E-state index in [1.54, 1.807) is 0 Å². The molecule has 0 aliphatic carbocycles. The van der Waals surface area contributed by atoms with Crippen molar-refractivity contribution >= 4 is 137 Å². The molecule has 8 heteroatoms. The van der Waals surface area contributed by atoms with Crippen molar-refractivity contribution in [2.24, 2.45) is 0 Å². The number of fused-ring (bicyclic) bond motifs is 18. The molecule has 0 radical (unpaired) electrons. The van der Waals surface area contributed by atoms with Crippen LogP contribution < -0.4 is 0 Å². The first-order valence-electron chi connectivity index (χ1n) is 31.7. The fourth-order valence-electron chi connectivity index (χ4n) is 15.9. The Hall–Kier alpha value is -13.1. The summed E-state index contributed by atoms with van der Waals surface area (Å²) in [7, 11) is 0. The lowest BCUT2D eigenvalue weighted by atomic mass is 9.99. The molecule has 0 bridgehead atoms. The molecular formula is C86H50N8. The molecule has 20 aromatic rings. The van der Waals surface area contributed by atoms with Crippen LogP contribution in [0.15, 0.2) is 303 Å². The first-order valence-corrected chi connectivity index (χ1v) is 31.7. The van der Waals surface area contributed by atoms with Crippen molar-refractivity contribution in [2.45, 2.75) is 0 Å². The number of hydrogen-bond acceptors (Lipinski definition) is 1. The van der Waals surface area contributed by atoms with Crippen LogP contribution in [0.25, 0.3) is 181 Å². The SMILES string of the molecule is [C-]#[N+]c1c(-n2c3ccc(-n4c5ccccc5c5ccccc54)cc3c3cc(-n4c5ccccc5c5ccccc54)ccc32)ccc(-c2cccc(C#N)c2)c1-n1c2ccc(-n3c4ccccc4c4ccccc43)cc2c2cc(-n3c4ccccc4c4ccccc43)ccc21. The van der Waals surface area contributed by atoms with Crippen LogP contribution in [0.1, 0.15) is 5.56 Å². The number of aromatic nitrogens is 6. The third-order valence-corrected chi connectivity index (χ3v) is 19.8. The summed E-state index contributed by atoms with van der Waals surface area (Å²) in [5.41, 5.74) is 21.0. The van der Waals surface area contributed by atoms with Gasteiger partial charge in [-0.05, 0) is 151 Å². The van der Waals surface area contributed by atoms with Crippen molar-refractivity contribution in [1.29, 1.82) is 5.26 Å². The van der Waals surface area contributed by atoms with Gasteiger partial charge in [0.25, 0.3) is 0 Å². The largest absolute Gasteiger partial charge is 0.319 e. The Bertz CT molecular complexity index is 6220. The van der Waals surface area contributed by atoms with Gasteiger partial charge in [0, 0.05) is 87.4 Å². The van der Waals surface area contributed by atoms with Gasteiger partial charge in [-0.2, -0.15) is 5.26 Å². The smallest absolute Gasteiger partial charge is 0.234 e. The van der Waals surface area contributed by atoms with E-state index in [0.29, 0.717) is 11.3 Å². The van der Waals surface area contributed by atoms with E-state index < -0.39 is 0 Å². The summed E-state index contributed by atoms with van der Waals surface area (Å²) >= 11 is 0. The molecule has 94 heavy (non-hydrogen) atoms. The first kappa shape index (κ1) is 51.7. The number of rotatable bonds is 7. The van der Waals surface area contributed by atoms with Gasteiger partial charge in [0.1, 0.15) is 0 Å². The van der Waals surface area contributed by atoms with Crippen LogP contribution >= 0.6 is 0 Å². The zero-order chi connectivity index (χ0) is 61.9. The highest BCUT2D eigenvalue weighted by molar-refractivity contribution is 6.18. The predicted octanol–water partition coefficient (Wildman–Crippen LogP) is 22.4. The van der Waals surface area contributed by atoms with E-state index in [0.717, 1.165) is 133 Å². The lowest BCUT2D eigenvalue weighted by molar-refractivity contribution is 1.14. The first-order chi connectivity index (χ1) is 46.6. The monoisotopic (exact) mass is 1190 g/mol. The average molecular weight is 1200 g/mol. The maximum Gasteiger partial charge on any atom is 0.234 e. The van der Waals surface area contributed by atoms with Gasteiger partial charge in [0.15, 0.2) is 0 Å². The van der Waals surface area contributed by atoms with Crippen LogP contribution in [0, 0.1) is 17.9 Å². The van der Waals surface area contributed by atoms with Gasteiger partial charge in [-0.25, -0.2) is 4.85 Å². The normalized spacial score (nSPS) is 12.0. The Morgan fingerprint density at radius 1 is 0.255 bits per heavy atom. The van der Waals surface area contributed by atoms with Crippen molar-refractivity contribution in [1.82, 2.24) is 27.4 Å². The molecule has 434 valence electrons. The van der Waals surface area contributed by atoms with E-state index in [1.807, 2.05) is 18.2 Å². The highest BCUT2D eigenvalue weighted by Gasteiger charge is 2.27. The fourth-order valence-corrected chi connectivity index (χ4v) is 15.9. The van der Waals surface area contributed by atoms with Gasteiger partial charge >= 0.3 is 0 Å². The summed E-state index contributed by atoms with van der Waals surface area (Å²) in [5, 5.41) is 24.2. The third-order valence-electron chi connectivity index (χ3n) is 19.8. The van der Waals surface area contributed by atoms with Crippen molar-refractivity contribution in [3.8, 4) is 51.3 Å². The Kier molecular flexibility index (Phi) is 10.8. The number of nitrogens with zero attached hydrogens (tertiary/aromatic N) is 8. The van der Waals surface area contributed by atoms with Crippen molar-refractivity contribution in [3.63, 3.8) is 0 Å². The molecule has 6 heterocycles. The minimum atomic E-state index is 0.466. The zero-order valence-corrected chi connectivity index (χ0v) is 50.4. The Balaban J connectivity index is 0.897. The molecule has 0 spiro atoms. The lowest BCUT2D eigenvalue weighted by Crippen LogP contribution is -2.03. The fraction of sp³-hybridized carbons (Fsp3) is 0. The second-order valence-corrected chi connectivity index (χ2v) is 24.6. The topological polar surface area (TPSA) is 57.7 Å². The molecule has 0 N–H and O–H groups in total. The van der Waals surface area contributed by atoms with Crippen LogP contribution in [0.2, 0.25) is 0 Å². The molecule has 0 fully saturated rings. The summed E-state index contributed by atoms with van der Waals surface area (Å²) in [5.74, 6) is 0. The van der Waals surface area contributed by atoms with Crippen molar-refractivity contribution < 1.29 is 0 Å². The highest BCUT2D eigenvalue weighted by atomic mass is 15.1. The van der Waals surface area contributed by atoms with E-state index in [9.17, 15) is 11.8 Å². The van der Waals surface area contributed by atoms with E-state index >= 15 is 0 Å². The van der Waals surface area contributed by atoms with Gasteiger partial charge in [-0.3, -0.25) is 0 Å². The van der Waals surface area contributed by atoms with Crippen LogP contribution in [-0.4, -0.2) is 27.4 Å². The van der Waals surface area contributed by atoms with Crippen LogP contribution in [0.3, 0.4) is 0 Å². The van der Waals surface area contributed by atoms with Gasteiger partial charge in [0.2, 0.25) is 5.69 Å². The summed E-state index contributed by atoms with van der Waals surface area (Å²) in [4.78, 5) is 4.77. The molecule has 0 saturated carbocycles. The minimum Gasteiger partial charge on any atom is -0.319 e. The van der Waals surface area contributed by atoms with Gasteiger partial charge < -0.3 is 27.4 Å². The molecule has 8 nitrogen and oxygen atoms in total. The number of benzene rings is 14. The van der Waals surface area contributed by atoms with E-state index in [4.69, 9.17) is 4.85 Å². The predicted molar refractivity (Wildman–Crippen MR) is 389 cm³/mol. The van der Waals surface area contributed by atoms with E-state index in [1.165, 1.54) is 43.1 Å². The Labute approximate surface area is 537 Å². The molecular weight excluding hydrogens is 1150 g/mol. The Morgan fingerprint density at radius 2 is 0.543 bits per heavy atom. The number of hydrogen-bond donors (Lipinski definition) is 0. The quantitative estimate of drug-likeness (QED) is 0.147. The molecule has 0 aliphatic rings. The molecule has 14 aromatic carbocycles. The summed E-state index contributed by atoms with van der Waals surface area (Å²) in [6.07, 6.45) is 0. The van der Waals surface area contributed by atoms with Crippen molar-refractivity contribution in [3.05, 3.63) is 320 Å². The lowest BCUT2D eigenvalue weighted by Gasteiger charge is -2.20. The van der Waals surface area contributed by atoms with Gasteiger partial charge in [-0.15, -0.1) is 0 Å². The standard InChI is InChI=1S/C86H50N8/c1-88-85-84(93-80-42-37-55(89-72-29-10-2-21-60(72)61-22-3-11-30-73(61)89)48-68(80)69-49-56(38-43-81(69)93)90-74-31-12-4-23-62(74)63-24-5-13-32-75(63)90)46-41-59(54-20-18-19-53(47-54)52-87)86(85)94-82-44-39-57(91-76-33-14-6-25-64(76)65-26-7-15-34-77(65)91)50-70(82)71-51-58(40-45-83(71)94)92-78-35-16-8-27-66(78)67-28-9-17-36-79(67)92/h2-51H. The third kappa shape index (κ3) is 7.19. The van der Waals surface area contributed by atoms with E-state index in [2.05, 4.69) is 319 Å². The molecule has 0 atom stereocenters. The summed E-state index contributed by atoms with van der Waals surface area (Å²) in [6.45, 7) is 9.76. The molecule has 0 aliphatic heterocycles. The number of para-hydroxylation sites is 8. The molecule has 6 aromatic heterocycles. The van der Waals surface area contributed by atoms with Gasteiger partial charge in [-0.1, -0.05) is 164 Å².